The molecule has 4 heteroatoms. The SMILES string of the molecule is CN(CC(=O)Nc1cccc(I)c1)C1CCCC1. The molecule has 1 aliphatic rings. The van der Waals surface area contributed by atoms with Crippen molar-refractivity contribution in [3.05, 3.63) is 27.8 Å². The fourth-order valence-electron chi connectivity index (χ4n) is 2.47. The summed E-state index contributed by atoms with van der Waals surface area (Å²) in [5.41, 5.74) is 0.881. The van der Waals surface area contributed by atoms with Gasteiger partial charge in [-0.15, -0.1) is 0 Å². The van der Waals surface area contributed by atoms with Gasteiger partial charge in [0.1, 0.15) is 0 Å². The lowest BCUT2D eigenvalue weighted by atomic mass is 10.2. The van der Waals surface area contributed by atoms with E-state index in [9.17, 15) is 4.79 Å². The van der Waals surface area contributed by atoms with Crippen molar-refractivity contribution in [1.82, 2.24) is 4.90 Å². The zero-order chi connectivity index (χ0) is 13.0. The van der Waals surface area contributed by atoms with Crippen LogP contribution in [0, 0.1) is 3.57 Å². The van der Waals surface area contributed by atoms with Crippen LogP contribution < -0.4 is 5.32 Å². The van der Waals surface area contributed by atoms with E-state index in [4.69, 9.17) is 0 Å². The lowest BCUT2D eigenvalue weighted by Gasteiger charge is -2.23. The topological polar surface area (TPSA) is 32.3 Å². The summed E-state index contributed by atoms with van der Waals surface area (Å²) in [4.78, 5) is 14.1. The predicted octanol–water partition coefficient (Wildman–Crippen LogP) is 3.10. The van der Waals surface area contributed by atoms with Crippen LogP contribution in [0.2, 0.25) is 0 Å². The number of anilines is 1. The average molecular weight is 358 g/mol. The van der Waals surface area contributed by atoms with Gasteiger partial charge in [0.25, 0.3) is 0 Å². The zero-order valence-corrected chi connectivity index (χ0v) is 12.8. The van der Waals surface area contributed by atoms with Crippen LogP contribution in [0.4, 0.5) is 5.69 Å². The van der Waals surface area contributed by atoms with E-state index in [1.54, 1.807) is 0 Å². The van der Waals surface area contributed by atoms with Gasteiger partial charge < -0.3 is 5.32 Å². The lowest BCUT2D eigenvalue weighted by Crippen LogP contribution is -2.36. The molecule has 1 aliphatic carbocycles. The second-order valence-corrected chi connectivity index (χ2v) is 6.16. The Balaban J connectivity index is 1.84. The van der Waals surface area contributed by atoms with E-state index in [-0.39, 0.29) is 5.91 Å². The Morgan fingerprint density at radius 3 is 2.83 bits per heavy atom. The number of nitrogens with one attached hydrogen (secondary N) is 1. The minimum atomic E-state index is 0.0754. The average Bonchev–Trinajstić information content (AvgIpc) is 2.81. The first-order chi connectivity index (χ1) is 8.65. The number of halogens is 1. The summed E-state index contributed by atoms with van der Waals surface area (Å²) >= 11 is 2.25. The quantitative estimate of drug-likeness (QED) is 0.839. The van der Waals surface area contributed by atoms with Crippen molar-refractivity contribution in [2.45, 2.75) is 31.7 Å². The smallest absolute Gasteiger partial charge is 0.238 e. The molecule has 3 nitrogen and oxygen atoms in total. The van der Waals surface area contributed by atoms with Crippen molar-refractivity contribution < 1.29 is 4.79 Å². The molecule has 2 rings (SSSR count). The van der Waals surface area contributed by atoms with Crippen molar-refractivity contribution in [1.29, 1.82) is 0 Å². The summed E-state index contributed by atoms with van der Waals surface area (Å²) in [7, 11) is 2.05. The Morgan fingerprint density at radius 1 is 1.44 bits per heavy atom. The first-order valence-electron chi connectivity index (χ1n) is 6.41. The van der Waals surface area contributed by atoms with Gasteiger partial charge >= 0.3 is 0 Å². The maximum absolute atomic E-state index is 11.9. The molecule has 0 bridgehead atoms. The Kier molecular flexibility index (Phi) is 5.00. The van der Waals surface area contributed by atoms with Gasteiger partial charge in [0.15, 0.2) is 0 Å². The summed E-state index contributed by atoms with van der Waals surface area (Å²) in [5, 5.41) is 2.95. The fourth-order valence-corrected chi connectivity index (χ4v) is 3.01. The minimum Gasteiger partial charge on any atom is -0.325 e. The van der Waals surface area contributed by atoms with Gasteiger partial charge in [-0.05, 0) is 60.7 Å². The number of nitrogens with zero attached hydrogens (tertiary/aromatic N) is 1. The molecule has 1 amide bonds. The van der Waals surface area contributed by atoms with Crippen molar-refractivity contribution in [3.8, 4) is 0 Å². The monoisotopic (exact) mass is 358 g/mol. The van der Waals surface area contributed by atoms with Gasteiger partial charge in [-0.3, -0.25) is 9.69 Å². The molecule has 0 atom stereocenters. The molecule has 98 valence electrons. The van der Waals surface area contributed by atoms with Gasteiger partial charge in [-0.2, -0.15) is 0 Å². The maximum Gasteiger partial charge on any atom is 0.238 e. The first kappa shape index (κ1) is 13.8. The van der Waals surface area contributed by atoms with Gasteiger partial charge in [0.05, 0.1) is 6.54 Å². The molecule has 0 unspecified atom stereocenters. The highest BCUT2D eigenvalue weighted by Gasteiger charge is 2.21. The number of rotatable bonds is 4. The Hall–Kier alpha value is -0.620. The van der Waals surface area contributed by atoms with Crippen LogP contribution in [0.5, 0.6) is 0 Å². The van der Waals surface area contributed by atoms with Crippen LogP contribution in [-0.4, -0.2) is 30.4 Å². The molecule has 1 aromatic rings. The molecule has 1 aromatic carbocycles. The number of amides is 1. The zero-order valence-electron chi connectivity index (χ0n) is 10.7. The van der Waals surface area contributed by atoms with Gasteiger partial charge in [-0.25, -0.2) is 0 Å². The molecule has 18 heavy (non-hydrogen) atoms. The highest BCUT2D eigenvalue weighted by molar-refractivity contribution is 14.1. The van der Waals surface area contributed by atoms with Crippen LogP contribution in [0.15, 0.2) is 24.3 Å². The molecular weight excluding hydrogens is 339 g/mol. The van der Waals surface area contributed by atoms with Crippen LogP contribution in [0.1, 0.15) is 25.7 Å². The molecule has 0 radical (unpaired) electrons. The van der Waals surface area contributed by atoms with Gasteiger partial charge in [0, 0.05) is 15.3 Å². The molecule has 1 N–H and O–H groups in total. The lowest BCUT2D eigenvalue weighted by molar-refractivity contribution is -0.117. The van der Waals surface area contributed by atoms with E-state index < -0.39 is 0 Å². The van der Waals surface area contributed by atoms with Crippen molar-refractivity contribution in [2.24, 2.45) is 0 Å². The van der Waals surface area contributed by atoms with E-state index in [2.05, 4.69) is 32.8 Å². The molecule has 0 saturated heterocycles. The molecule has 0 aromatic heterocycles. The number of hydrogen-bond acceptors (Lipinski definition) is 2. The standard InChI is InChI=1S/C14H19IN2O/c1-17(13-7-2-3-8-13)10-14(18)16-12-6-4-5-11(15)9-12/h4-6,9,13H,2-3,7-8,10H2,1H3,(H,16,18). The molecule has 0 heterocycles. The highest BCUT2D eigenvalue weighted by atomic mass is 127. The Morgan fingerprint density at radius 2 is 2.17 bits per heavy atom. The number of hydrogen-bond donors (Lipinski definition) is 1. The minimum absolute atomic E-state index is 0.0754. The molecule has 0 aliphatic heterocycles. The first-order valence-corrected chi connectivity index (χ1v) is 7.48. The van der Waals surface area contributed by atoms with Gasteiger partial charge in [0.2, 0.25) is 5.91 Å². The van der Waals surface area contributed by atoms with E-state index in [0.29, 0.717) is 12.6 Å². The van der Waals surface area contributed by atoms with Crippen LogP contribution >= 0.6 is 22.6 Å². The van der Waals surface area contributed by atoms with Crippen molar-refractivity contribution in [3.63, 3.8) is 0 Å². The third kappa shape index (κ3) is 3.95. The predicted molar refractivity (Wildman–Crippen MR) is 82.7 cm³/mol. The van der Waals surface area contributed by atoms with E-state index in [0.717, 1.165) is 9.26 Å². The summed E-state index contributed by atoms with van der Waals surface area (Å²) in [6.45, 7) is 0.482. The third-order valence-corrected chi connectivity index (χ3v) is 4.12. The number of likely N-dealkylation sites (N-methyl/N-ethyl adjacent to an activating group) is 1. The molecule has 1 saturated carbocycles. The Labute approximate surface area is 122 Å². The van der Waals surface area contributed by atoms with Crippen LogP contribution in [0.3, 0.4) is 0 Å². The fraction of sp³-hybridized carbons (Fsp3) is 0.500. The summed E-state index contributed by atoms with van der Waals surface area (Å²) in [6, 6.07) is 8.47. The molecule has 1 fully saturated rings. The van der Waals surface area contributed by atoms with Gasteiger partial charge in [-0.1, -0.05) is 18.9 Å². The highest BCUT2D eigenvalue weighted by Crippen LogP contribution is 2.22. The Bertz CT molecular complexity index is 416. The van der Waals surface area contributed by atoms with Crippen molar-refractivity contribution in [2.75, 3.05) is 18.9 Å². The number of benzene rings is 1. The second-order valence-electron chi connectivity index (χ2n) is 4.91. The van der Waals surface area contributed by atoms with Crippen LogP contribution in [-0.2, 0) is 4.79 Å². The third-order valence-electron chi connectivity index (χ3n) is 3.45. The second kappa shape index (κ2) is 6.52. The number of carbonyl (C=O) groups is 1. The normalized spacial score (nSPS) is 16.2. The number of carbonyl (C=O) groups excluding carboxylic acids is 1. The van der Waals surface area contributed by atoms with Crippen molar-refractivity contribution >= 4 is 34.2 Å². The van der Waals surface area contributed by atoms with E-state index in [1.165, 1.54) is 25.7 Å². The largest absolute Gasteiger partial charge is 0.325 e. The summed E-state index contributed by atoms with van der Waals surface area (Å²) in [5.74, 6) is 0.0754. The van der Waals surface area contributed by atoms with Crippen LogP contribution in [0.25, 0.3) is 0 Å². The van der Waals surface area contributed by atoms with E-state index in [1.807, 2.05) is 31.3 Å². The summed E-state index contributed by atoms with van der Waals surface area (Å²) < 4.78 is 1.13. The molecular formula is C14H19IN2O. The summed E-state index contributed by atoms with van der Waals surface area (Å²) in [6.07, 6.45) is 5.06. The maximum atomic E-state index is 11.9. The van der Waals surface area contributed by atoms with E-state index >= 15 is 0 Å². The molecule has 0 spiro atoms.